The van der Waals surface area contributed by atoms with E-state index in [2.05, 4.69) is 0 Å². The topological polar surface area (TPSA) is 728 Å². The summed E-state index contributed by atoms with van der Waals surface area (Å²) in [6.45, 7) is 35.0. The van der Waals surface area contributed by atoms with Crippen LogP contribution in [0, 0.1) is 83.1 Å². The van der Waals surface area contributed by atoms with Gasteiger partial charge in [-0.2, -0.15) is 0 Å². The Hall–Kier alpha value is -9.48. The second-order valence-corrected chi connectivity index (χ2v) is 36.2. The van der Waals surface area contributed by atoms with Crippen LogP contribution in [0.25, 0.3) is 0 Å². The van der Waals surface area contributed by atoms with E-state index in [9.17, 15) is 25.2 Å². The van der Waals surface area contributed by atoms with E-state index in [0.717, 1.165) is 69.9 Å². The predicted molar refractivity (Wildman–Crippen MR) is 501 cm³/mol. The second-order valence-electron chi connectivity index (χ2n) is 31.1. The number of rotatable bonds is 24. The largest absolute Gasteiger partial charge is 0.786 e. The van der Waals surface area contributed by atoms with Crippen molar-refractivity contribution < 1.29 is 227 Å². The molecule has 0 bridgehead atoms. The van der Waals surface area contributed by atoms with Crippen LogP contribution in [0.5, 0.6) is 0 Å². The molecule has 864 valence electrons. The summed E-state index contributed by atoms with van der Waals surface area (Å²) in [7, 11) is -9.96. The first kappa shape index (κ1) is 151. The van der Waals surface area contributed by atoms with Crippen molar-refractivity contribution in [3.63, 3.8) is 0 Å². The molecule has 0 aliphatic heterocycles. The zero-order valence-corrected chi connectivity index (χ0v) is 94.6. The van der Waals surface area contributed by atoms with Gasteiger partial charge in [-0.15, -0.1) is 0 Å². The van der Waals surface area contributed by atoms with Crippen LogP contribution >= 0.6 is 47.4 Å². The lowest BCUT2D eigenvalue weighted by molar-refractivity contribution is -0.703. The highest BCUT2D eigenvalue weighted by atomic mass is 31.2. The fourth-order valence-corrected chi connectivity index (χ4v) is 11.3. The molecule has 0 saturated carbocycles. The highest BCUT2D eigenvalue weighted by molar-refractivity contribution is 7.43. The summed E-state index contributed by atoms with van der Waals surface area (Å²) in [5.41, 5.74) is 0. The summed E-state index contributed by atoms with van der Waals surface area (Å²) < 4.78 is 160. The van der Waals surface area contributed by atoms with Gasteiger partial charge in [0.25, 0.3) is 69.9 Å². The van der Waals surface area contributed by atoms with Crippen LogP contribution in [-0.4, -0.2) is 195 Å². The van der Waals surface area contributed by atoms with E-state index in [4.69, 9.17) is 147 Å². The maximum atomic E-state index is 10.1. The number of imidazole rings is 12. The number of nitrogens with zero attached hydrogens (tertiary/aromatic N) is 24. The highest BCUT2D eigenvalue weighted by Crippen LogP contribution is 2.25. The lowest BCUT2D eigenvalue weighted by atomic mass is 10.6. The van der Waals surface area contributed by atoms with Gasteiger partial charge in [0.1, 0.15) is 275 Å². The third-order valence-electron chi connectivity index (χ3n) is 20.8. The fraction of sp³-hybridized carbons (Fsp3) is 0.571. The van der Waals surface area contributed by atoms with E-state index in [0.29, 0.717) is 78.5 Å². The molecule has 0 radical (unpaired) electrons. The molecule has 0 amide bonds. The molecule has 12 aromatic heterocycles. The minimum Gasteiger partial charge on any atom is -0.786 e. The lowest BCUT2D eigenvalue weighted by Gasteiger charge is -2.15. The van der Waals surface area contributed by atoms with Crippen molar-refractivity contribution in [2.24, 2.45) is 84.6 Å². The first-order valence-electron chi connectivity index (χ1n) is 44.8. The molecule has 12 heterocycles. The number of aryl methyl sites for hydroxylation is 12. The monoisotopic (exact) mass is 2280 g/mol. The van der Waals surface area contributed by atoms with Crippen molar-refractivity contribution in [2.45, 2.75) is 162 Å². The van der Waals surface area contributed by atoms with Gasteiger partial charge in [-0.25, -0.2) is 135 Å². The molecule has 150 heavy (non-hydrogen) atoms. The predicted octanol–water partition coefficient (Wildman–Crippen LogP) is -11.9. The molecule has 66 heteroatoms. The smallest absolute Gasteiger partial charge is 0.253 e. The van der Waals surface area contributed by atoms with Gasteiger partial charge < -0.3 is 147 Å². The zero-order valence-electron chi connectivity index (χ0n) is 89.2. The molecule has 0 saturated heterocycles. The van der Waals surface area contributed by atoms with Crippen molar-refractivity contribution in [3.05, 3.63) is 219 Å². The maximum Gasteiger partial charge on any atom is 0.253 e. The number of hydrogen-bond donors (Lipinski definition) is 12. The van der Waals surface area contributed by atoms with Crippen LogP contribution in [0.3, 0.4) is 0 Å². The Morgan fingerprint density at radius 3 is 0.240 bits per heavy atom. The van der Waals surface area contributed by atoms with Gasteiger partial charge in [0, 0.05) is 83.1 Å². The first-order valence-corrected chi connectivity index (χ1v) is 53.4. The zero-order chi connectivity index (χ0) is 118. The van der Waals surface area contributed by atoms with E-state index >= 15 is 0 Å². The molecule has 12 N–H and O–H groups in total. The Morgan fingerprint density at radius 2 is 0.213 bits per heavy atom. The van der Waals surface area contributed by atoms with Crippen LogP contribution < -0.4 is 114 Å². The molecule has 12 rings (SSSR count). The molecule has 12 aromatic rings. The van der Waals surface area contributed by atoms with Crippen LogP contribution in [0.1, 0.15) is 69.9 Å². The Kier molecular flexibility index (Phi) is 81.0. The molecular weight excluding hydrogens is 2120 g/mol. The van der Waals surface area contributed by atoms with Crippen LogP contribution in [0.4, 0.5) is 25.2 Å². The number of aliphatic hydroxyl groups is 12. The molecule has 0 spiro atoms. The summed E-state index contributed by atoms with van der Waals surface area (Å²) >= 11 is 0. The second kappa shape index (κ2) is 80.4. The van der Waals surface area contributed by atoms with Gasteiger partial charge in [0.05, 0.1) is 164 Å². The summed E-state index contributed by atoms with van der Waals surface area (Å²) in [6, 6.07) is 0. The van der Waals surface area contributed by atoms with E-state index in [1.807, 2.05) is 426 Å². The molecule has 0 aromatic carbocycles. The standard InChI is InChI=1S/12C7H13N2O.6FH2O3P/c12*1-7-8(2)3-4-9(7)5-6-10;6*1-5(2,3)4/h12*3-4,10H,5-6H2,1-2H3;6*(H2,2,3,4)/q12*+1;;;;;;/p-12. The fourth-order valence-electron chi connectivity index (χ4n) is 11.3. The van der Waals surface area contributed by atoms with Crippen molar-refractivity contribution >= 4 is 47.4 Å². The van der Waals surface area contributed by atoms with Gasteiger partial charge in [0.2, 0.25) is 0 Å². The van der Waals surface area contributed by atoms with Crippen molar-refractivity contribution in [3.8, 4) is 0 Å². The molecule has 0 unspecified atom stereocenters. The van der Waals surface area contributed by atoms with Gasteiger partial charge in [-0.1, -0.05) is 0 Å². The van der Waals surface area contributed by atoms with E-state index in [1.165, 1.54) is 0 Å². The summed E-state index contributed by atoms with van der Waals surface area (Å²) in [5, 5.41) is 103. The summed E-state index contributed by atoms with van der Waals surface area (Å²) in [5.74, 6) is 13.9. The highest BCUT2D eigenvalue weighted by Gasteiger charge is 2.16. The maximum absolute atomic E-state index is 10.1. The third kappa shape index (κ3) is 78.6. The average molecular weight is 2280 g/mol. The summed E-state index contributed by atoms with van der Waals surface area (Å²) in [6.07, 6.45) is 47.3. The van der Waals surface area contributed by atoms with Gasteiger partial charge in [0.15, 0.2) is 0 Å². The van der Waals surface area contributed by atoms with Crippen LogP contribution in [0.15, 0.2) is 149 Å². The molecule has 0 aliphatic rings. The Bertz CT molecular complexity index is 4660. The normalized spacial score (nSPS) is 10.6. The first-order chi connectivity index (χ1) is 69.0. The number of hydrogen-bond acceptors (Lipinski definition) is 30. The van der Waals surface area contributed by atoms with Crippen molar-refractivity contribution in [2.75, 3.05) is 79.3 Å². The van der Waals surface area contributed by atoms with Gasteiger partial charge in [-0.05, 0) is 0 Å². The SMILES string of the molecule is Cc1n(C)cc[n+]1CCO.Cc1n(C)cc[n+]1CCO.Cc1n(C)cc[n+]1CCO.Cc1n(C)cc[n+]1CCO.Cc1n(C)cc[n+]1CCO.Cc1n(C)cc[n+]1CCO.Cc1n(C)cc[n+]1CCO.Cc1n(C)cc[n+]1CCO.Cc1n(C)cc[n+]1CCO.Cc1n(C)cc[n+]1CCO.Cc1n(C)cc[n+]1CCO.Cc1n(C)cc[n+]1CCO.O=P([O-])([O-])F.O=P([O-])([O-])F.O=P([O-])([O-])F.O=P([O-])([O-])F.O=P([O-])([O-])F.O=P([O-])([O-])F. The van der Waals surface area contributed by atoms with Crippen LogP contribution in [0.2, 0.25) is 0 Å². The van der Waals surface area contributed by atoms with Crippen molar-refractivity contribution in [1.82, 2.24) is 54.8 Å². The molecular formula is C84H156F6N24O30P6. The van der Waals surface area contributed by atoms with Gasteiger partial charge in [-0.3, -0.25) is 0 Å². The van der Waals surface area contributed by atoms with E-state index in [-0.39, 0.29) is 79.3 Å². The minimum atomic E-state index is -5.64. The molecule has 54 nitrogen and oxygen atoms in total. The van der Waals surface area contributed by atoms with Crippen LogP contribution in [-0.2, 0) is 190 Å². The van der Waals surface area contributed by atoms with E-state index < -0.39 is 47.4 Å². The number of aliphatic hydroxyl groups excluding tert-OH is 12. The Balaban J connectivity index is -0.000000368. The average Bonchev–Trinajstić information content (AvgIpc) is 1.83. The van der Waals surface area contributed by atoms with Crippen molar-refractivity contribution in [1.29, 1.82) is 0 Å². The van der Waals surface area contributed by atoms with E-state index in [1.54, 1.807) is 0 Å². The number of halogens is 6. The molecule has 0 aliphatic carbocycles. The Morgan fingerprint density at radius 1 is 0.167 bits per heavy atom. The lowest BCUT2D eigenvalue weighted by Crippen LogP contribution is -2.36. The quantitative estimate of drug-likeness (QED) is 0.0152. The third-order valence-corrected chi connectivity index (χ3v) is 20.8. The van der Waals surface area contributed by atoms with Gasteiger partial charge >= 0.3 is 0 Å². The summed E-state index contributed by atoms with van der Waals surface area (Å²) in [4.78, 5) is 101. The Labute approximate surface area is 869 Å². The minimum absolute atomic E-state index is 0.204. The number of aromatic nitrogens is 24. The molecule has 0 fully saturated rings. The molecule has 0 atom stereocenters.